The molecule has 174 valence electrons. The lowest BCUT2D eigenvalue weighted by atomic mass is 9.95. The first-order chi connectivity index (χ1) is 17.0. The molecule has 0 saturated carbocycles. The number of hydrogen-bond acceptors (Lipinski definition) is 6. The molecule has 8 heteroatoms. The van der Waals surface area contributed by atoms with E-state index in [2.05, 4.69) is 15.3 Å². The van der Waals surface area contributed by atoms with Crippen LogP contribution in [0.1, 0.15) is 24.1 Å². The van der Waals surface area contributed by atoms with E-state index in [1.165, 1.54) is 11.3 Å². The quantitative estimate of drug-likeness (QED) is 0.473. The molecule has 0 bridgehead atoms. The van der Waals surface area contributed by atoms with Crippen molar-refractivity contribution in [1.29, 1.82) is 0 Å². The fraction of sp³-hybridized carbons (Fsp3) is 0.111. The van der Waals surface area contributed by atoms with Gasteiger partial charge in [-0.2, -0.15) is 0 Å². The third-order valence-corrected chi connectivity index (χ3v) is 6.69. The maximum Gasteiger partial charge on any atom is 0.271 e. The van der Waals surface area contributed by atoms with Gasteiger partial charge in [-0.05, 0) is 60.5 Å². The maximum absolute atomic E-state index is 13.7. The highest BCUT2D eigenvalue weighted by Crippen LogP contribution is 2.32. The zero-order chi connectivity index (χ0) is 24.4. The Bertz CT molecular complexity index is 1610. The van der Waals surface area contributed by atoms with Gasteiger partial charge >= 0.3 is 0 Å². The number of allylic oxidation sites excluding steroid dienone is 1. The second kappa shape index (κ2) is 9.52. The van der Waals surface area contributed by atoms with Crippen LogP contribution in [0.2, 0.25) is 0 Å². The molecule has 0 aliphatic carbocycles. The van der Waals surface area contributed by atoms with Crippen LogP contribution in [0.3, 0.4) is 0 Å². The minimum Gasteiger partial charge on any atom is -0.497 e. The normalized spacial score (nSPS) is 15.4. The zero-order valence-electron chi connectivity index (χ0n) is 19.1. The predicted octanol–water partition coefficient (Wildman–Crippen LogP) is 3.28. The van der Waals surface area contributed by atoms with Gasteiger partial charge in [0.05, 0.1) is 29.0 Å². The second-order valence-corrected chi connectivity index (χ2v) is 8.97. The Balaban J connectivity index is 1.69. The van der Waals surface area contributed by atoms with Crippen molar-refractivity contribution in [3.05, 3.63) is 121 Å². The number of aromatic nitrogens is 2. The lowest BCUT2D eigenvalue weighted by molar-refractivity contribution is -0.113. The molecule has 3 heterocycles. The number of rotatable bonds is 5. The summed E-state index contributed by atoms with van der Waals surface area (Å²) in [6.07, 6.45) is 5.17. The first-order valence-electron chi connectivity index (χ1n) is 11.0. The molecule has 1 amide bonds. The summed E-state index contributed by atoms with van der Waals surface area (Å²) in [4.78, 5) is 36.5. The lowest BCUT2D eigenvalue weighted by Gasteiger charge is -2.25. The van der Waals surface area contributed by atoms with Crippen molar-refractivity contribution in [2.75, 3.05) is 12.4 Å². The van der Waals surface area contributed by atoms with E-state index in [0.29, 0.717) is 32.0 Å². The molecule has 35 heavy (non-hydrogen) atoms. The summed E-state index contributed by atoms with van der Waals surface area (Å²) in [6.45, 7) is 1.80. The van der Waals surface area contributed by atoms with E-state index in [1.807, 2.05) is 72.8 Å². The van der Waals surface area contributed by atoms with Crippen LogP contribution in [0.25, 0.3) is 6.08 Å². The highest BCUT2D eigenvalue weighted by Gasteiger charge is 2.32. The number of carbonyl (C=O) groups excluding carboxylic acids is 1. The van der Waals surface area contributed by atoms with Crippen LogP contribution < -0.4 is 24.9 Å². The number of methoxy groups -OCH3 is 1. The van der Waals surface area contributed by atoms with Crippen molar-refractivity contribution in [1.82, 2.24) is 9.55 Å². The third-order valence-electron chi connectivity index (χ3n) is 5.71. The van der Waals surface area contributed by atoms with E-state index in [9.17, 15) is 9.59 Å². The van der Waals surface area contributed by atoms with Gasteiger partial charge in [-0.25, -0.2) is 4.99 Å². The lowest BCUT2D eigenvalue weighted by Crippen LogP contribution is -2.40. The van der Waals surface area contributed by atoms with Crippen LogP contribution in [0.15, 0.2) is 100 Å². The van der Waals surface area contributed by atoms with Crippen molar-refractivity contribution >= 4 is 29.0 Å². The summed E-state index contributed by atoms with van der Waals surface area (Å²) < 4.78 is 7.55. The Hall–Kier alpha value is -4.30. The molecule has 1 aliphatic heterocycles. The van der Waals surface area contributed by atoms with Gasteiger partial charge in [0.25, 0.3) is 11.5 Å². The van der Waals surface area contributed by atoms with Gasteiger partial charge in [0.2, 0.25) is 0 Å². The van der Waals surface area contributed by atoms with Crippen LogP contribution in [-0.4, -0.2) is 22.6 Å². The summed E-state index contributed by atoms with van der Waals surface area (Å²) in [7, 11) is 1.59. The number of thiazole rings is 1. The molecule has 0 saturated heterocycles. The van der Waals surface area contributed by atoms with Crippen molar-refractivity contribution in [2.24, 2.45) is 4.99 Å². The van der Waals surface area contributed by atoms with Crippen molar-refractivity contribution in [3.8, 4) is 5.75 Å². The van der Waals surface area contributed by atoms with Crippen LogP contribution >= 0.6 is 11.3 Å². The smallest absolute Gasteiger partial charge is 0.271 e. The monoisotopic (exact) mass is 482 g/mol. The van der Waals surface area contributed by atoms with Crippen molar-refractivity contribution in [2.45, 2.75) is 13.0 Å². The van der Waals surface area contributed by atoms with Gasteiger partial charge in [-0.3, -0.25) is 19.1 Å². The topological polar surface area (TPSA) is 85.6 Å². The SMILES string of the molecule is COc1cccc([C@H]2C(C(=O)Nc3ccccc3)=C(C)N=c3s/c(=C\c4ccncc4)c(=O)n32)c1. The van der Waals surface area contributed by atoms with Gasteiger partial charge in [-0.15, -0.1) is 0 Å². The van der Waals surface area contributed by atoms with Gasteiger partial charge < -0.3 is 10.1 Å². The molecule has 5 rings (SSSR count). The number of nitrogens with zero attached hydrogens (tertiary/aromatic N) is 3. The van der Waals surface area contributed by atoms with Crippen molar-refractivity contribution < 1.29 is 9.53 Å². The van der Waals surface area contributed by atoms with Crippen LogP contribution in [0.4, 0.5) is 5.69 Å². The first-order valence-corrected chi connectivity index (χ1v) is 11.8. The summed E-state index contributed by atoms with van der Waals surface area (Å²) >= 11 is 1.30. The summed E-state index contributed by atoms with van der Waals surface area (Å²) in [5.74, 6) is 0.326. The highest BCUT2D eigenvalue weighted by molar-refractivity contribution is 7.07. The van der Waals surface area contributed by atoms with Crippen LogP contribution in [-0.2, 0) is 4.79 Å². The molecule has 1 atom stereocenters. The number of para-hydroxylation sites is 1. The summed E-state index contributed by atoms with van der Waals surface area (Å²) in [5, 5.41) is 2.95. The maximum atomic E-state index is 13.7. The Morgan fingerprint density at radius 3 is 2.60 bits per heavy atom. The molecule has 0 fully saturated rings. The standard InChI is InChI=1S/C27H22N4O3S/c1-17-23(25(32)30-20-8-4-3-5-9-20)24(19-7-6-10-21(16-19)34-2)31-26(33)22(35-27(31)29-17)15-18-11-13-28-14-12-18/h3-16,24H,1-2H3,(H,30,32)/b22-15-/t24-/m0/s1. The summed E-state index contributed by atoms with van der Waals surface area (Å²) in [5.41, 5.74) is 3.04. The van der Waals surface area contributed by atoms with E-state index in [4.69, 9.17) is 4.74 Å². The Morgan fingerprint density at radius 2 is 1.86 bits per heavy atom. The molecule has 0 unspecified atom stereocenters. The largest absolute Gasteiger partial charge is 0.497 e. The second-order valence-electron chi connectivity index (χ2n) is 7.96. The van der Waals surface area contributed by atoms with E-state index in [0.717, 1.165) is 11.1 Å². The molecular formula is C27H22N4O3S. The van der Waals surface area contributed by atoms with E-state index < -0.39 is 6.04 Å². The minimum absolute atomic E-state index is 0.212. The first kappa shape index (κ1) is 22.5. The van der Waals surface area contributed by atoms with Crippen LogP contribution in [0, 0.1) is 0 Å². The van der Waals surface area contributed by atoms with E-state index >= 15 is 0 Å². The van der Waals surface area contributed by atoms with Crippen LogP contribution in [0.5, 0.6) is 5.75 Å². The number of benzene rings is 2. The number of hydrogen-bond donors (Lipinski definition) is 1. The molecule has 7 nitrogen and oxygen atoms in total. The Kier molecular flexibility index (Phi) is 6.12. The molecule has 4 aromatic rings. The predicted molar refractivity (Wildman–Crippen MR) is 136 cm³/mol. The number of nitrogens with one attached hydrogen (secondary N) is 1. The van der Waals surface area contributed by atoms with Gasteiger partial charge in [0.15, 0.2) is 4.80 Å². The number of fused-ring (bicyclic) bond motifs is 1. The molecular weight excluding hydrogens is 460 g/mol. The Labute approximate surface area is 205 Å². The fourth-order valence-electron chi connectivity index (χ4n) is 4.07. The number of carbonyl (C=O) groups is 1. The molecule has 1 aliphatic rings. The Morgan fingerprint density at radius 1 is 1.09 bits per heavy atom. The van der Waals surface area contributed by atoms with E-state index in [1.54, 1.807) is 31.0 Å². The molecule has 0 radical (unpaired) electrons. The highest BCUT2D eigenvalue weighted by atomic mass is 32.1. The number of anilines is 1. The van der Waals surface area contributed by atoms with Crippen molar-refractivity contribution in [3.63, 3.8) is 0 Å². The molecule has 2 aromatic heterocycles. The zero-order valence-corrected chi connectivity index (χ0v) is 20.0. The van der Waals surface area contributed by atoms with Gasteiger partial charge in [0, 0.05) is 18.1 Å². The van der Waals surface area contributed by atoms with Gasteiger partial charge in [-0.1, -0.05) is 41.7 Å². The molecule has 0 spiro atoms. The summed E-state index contributed by atoms with van der Waals surface area (Å²) in [6, 6.07) is 19.6. The number of ether oxygens (including phenoxy) is 1. The van der Waals surface area contributed by atoms with Gasteiger partial charge in [0.1, 0.15) is 5.75 Å². The van der Waals surface area contributed by atoms with E-state index in [-0.39, 0.29) is 11.5 Å². The number of amides is 1. The average Bonchev–Trinajstić information content (AvgIpc) is 3.18. The number of pyridine rings is 1. The average molecular weight is 483 g/mol. The molecule has 1 N–H and O–H groups in total. The molecule has 2 aromatic carbocycles. The fourth-order valence-corrected chi connectivity index (χ4v) is 5.12. The third kappa shape index (κ3) is 4.43. The minimum atomic E-state index is -0.662.